The zero-order valence-corrected chi connectivity index (χ0v) is 15.2. The van der Waals surface area contributed by atoms with Crippen LogP contribution < -0.4 is 20.9 Å². The van der Waals surface area contributed by atoms with Crippen molar-refractivity contribution >= 4 is 35.1 Å². The van der Waals surface area contributed by atoms with Crippen molar-refractivity contribution in [1.29, 1.82) is 0 Å². The van der Waals surface area contributed by atoms with Crippen molar-refractivity contribution in [1.82, 2.24) is 16.0 Å². The number of nitrogens with one attached hydrogen (secondary N) is 3. The van der Waals surface area contributed by atoms with Crippen LogP contribution in [0.1, 0.15) is 25.7 Å². The molecule has 2 unspecified atom stereocenters. The number of amides is 4. The zero-order valence-electron chi connectivity index (χ0n) is 14.5. The Morgan fingerprint density at radius 1 is 1.23 bits per heavy atom. The van der Waals surface area contributed by atoms with Gasteiger partial charge in [-0.2, -0.15) is 0 Å². The molecule has 2 aliphatic rings. The Hall–Kier alpha value is -2.12. The van der Waals surface area contributed by atoms with Crippen LogP contribution >= 0.6 is 11.6 Å². The number of anilines is 1. The Kier molecular flexibility index (Phi) is 6.11. The summed E-state index contributed by atoms with van der Waals surface area (Å²) in [7, 11) is 0. The van der Waals surface area contributed by atoms with Crippen molar-refractivity contribution in [3.8, 4) is 0 Å². The fourth-order valence-corrected chi connectivity index (χ4v) is 3.43. The molecule has 0 spiro atoms. The minimum Gasteiger partial charge on any atom is -0.356 e. The standard InChI is InChI=1S/C18H23ClN4O3/c19-13-1-3-14(4-2-13)23-17(25)15(22-18(23)26)5-6-16(24)21-10-8-12-7-9-20-11-12/h1-4,12,15,20H,5-11H2,(H,21,24)(H,22,26). The molecular formula is C18H23ClN4O3. The number of carbonyl (C=O) groups is 3. The predicted molar refractivity (Wildman–Crippen MR) is 99.1 cm³/mol. The van der Waals surface area contributed by atoms with Gasteiger partial charge in [0.2, 0.25) is 5.91 Å². The molecule has 2 heterocycles. The first-order chi connectivity index (χ1) is 12.5. The van der Waals surface area contributed by atoms with Crippen LogP contribution in [0.4, 0.5) is 10.5 Å². The summed E-state index contributed by atoms with van der Waals surface area (Å²) in [6.07, 6.45) is 2.60. The van der Waals surface area contributed by atoms with Crippen LogP contribution in [0.2, 0.25) is 5.02 Å². The van der Waals surface area contributed by atoms with Gasteiger partial charge in [-0.05, 0) is 62.5 Å². The molecule has 2 saturated heterocycles. The molecule has 2 atom stereocenters. The molecule has 26 heavy (non-hydrogen) atoms. The Morgan fingerprint density at radius 3 is 2.69 bits per heavy atom. The van der Waals surface area contributed by atoms with Gasteiger partial charge < -0.3 is 16.0 Å². The van der Waals surface area contributed by atoms with Gasteiger partial charge in [-0.1, -0.05) is 11.6 Å². The Morgan fingerprint density at radius 2 is 2.00 bits per heavy atom. The molecule has 1 aromatic carbocycles. The number of hydrogen-bond acceptors (Lipinski definition) is 4. The van der Waals surface area contributed by atoms with Crippen molar-refractivity contribution in [2.45, 2.75) is 31.7 Å². The Labute approximate surface area is 157 Å². The van der Waals surface area contributed by atoms with Gasteiger partial charge in [-0.15, -0.1) is 0 Å². The van der Waals surface area contributed by atoms with E-state index in [9.17, 15) is 14.4 Å². The van der Waals surface area contributed by atoms with Crippen LogP contribution in [0.5, 0.6) is 0 Å². The fraction of sp³-hybridized carbons (Fsp3) is 0.500. The number of imide groups is 1. The van der Waals surface area contributed by atoms with E-state index in [4.69, 9.17) is 11.6 Å². The number of urea groups is 1. The summed E-state index contributed by atoms with van der Waals surface area (Å²) in [6, 6.07) is 5.33. The van der Waals surface area contributed by atoms with E-state index < -0.39 is 12.1 Å². The van der Waals surface area contributed by atoms with E-state index in [2.05, 4.69) is 16.0 Å². The van der Waals surface area contributed by atoms with Gasteiger partial charge in [-0.25, -0.2) is 9.69 Å². The maximum absolute atomic E-state index is 12.5. The van der Waals surface area contributed by atoms with E-state index in [1.165, 1.54) is 0 Å². The average Bonchev–Trinajstić information content (AvgIpc) is 3.22. The molecule has 140 valence electrons. The summed E-state index contributed by atoms with van der Waals surface area (Å²) >= 11 is 5.84. The minimum atomic E-state index is -0.678. The molecule has 0 aromatic heterocycles. The number of carbonyl (C=O) groups excluding carboxylic acids is 3. The van der Waals surface area contributed by atoms with Crippen molar-refractivity contribution in [2.75, 3.05) is 24.5 Å². The van der Waals surface area contributed by atoms with Crippen LogP contribution in [0.3, 0.4) is 0 Å². The van der Waals surface area contributed by atoms with Crippen LogP contribution in [0.25, 0.3) is 0 Å². The lowest BCUT2D eigenvalue weighted by Gasteiger charge is -2.13. The first-order valence-electron chi connectivity index (χ1n) is 8.92. The highest BCUT2D eigenvalue weighted by atomic mass is 35.5. The number of hydrogen-bond donors (Lipinski definition) is 3. The van der Waals surface area contributed by atoms with Gasteiger partial charge >= 0.3 is 6.03 Å². The third-order valence-electron chi connectivity index (χ3n) is 4.80. The summed E-state index contributed by atoms with van der Waals surface area (Å²) in [5.74, 6) is 0.184. The van der Waals surface area contributed by atoms with Gasteiger partial charge in [0.25, 0.3) is 5.91 Å². The topological polar surface area (TPSA) is 90.5 Å². The van der Waals surface area contributed by atoms with Crippen molar-refractivity contribution in [3.05, 3.63) is 29.3 Å². The molecule has 4 amide bonds. The van der Waals surface area contributed by atoms with E-state index in [0.717, 1.165) is 30.8 Å². The molecular weight excluding hydrogens is 356 g/mol. The summed E-state index contributed by atoms with van der Waals surface area (Å²) in [4.78, 5) is 37.6. The van der Waals surface area contributed by atoms with Crippen molar-refractivity contribution < 1.29 is 14.4 Å². The second-order valence-corrected chi connectivity index (χ2v) is 7.12. The summed E-state index contributed by atoms with van der Waals surface area (Å²) in [5.41, 5.74) is 0.467. The highest BCUT2D eigenvalue weighted by Gasteiger charge is 2.38. The van der Waals surface area contributed by atoms with Gasteiger partial charge in [0, 0.05) is 18.0 Å². The molecule has 0 bridgehead atoms. The van der Waals surface area contributed by atoms with Gasteiger partial charge in [-0.3, -0.25) is 9.59 Å². The number of nitrogens with zero attached hydrogens (tertiary/aromatic N) is 1. The molecule has 2 fully saturated rings. The van der Waals surface area contributed by atoms with Crippen molar-refractivity contribution in [2.24, 2.45) is 5.92 Å². The SMILES string of the molecule is O=C(CCC1NC(=O)N(c2ccc(Cl)cc2)C1=O)NCCC1CCNC1. The maximum atomic E-state index is 12.5. The summed E-state index contributed by atoms with van der Waals surface area (Å²) < 4.78 is 0. The second kappa shape index (κ2) is 8.51. The van der Waals surface area contributed by atoms with Gasteiger partial charge in [0.15, 0.2) is 0 Å². The van der Waals surface area contributed by atoms with Gasteiger partial charge in [0.05, 0.1) is 5.69 Å². The number of rotatable bonds is 7. The number of halogens is 1. The highest BCUT2D eigenvalue weighted by Crippen LogP contribution is 2.23. The van der Waals surface area contributed by atoms with Gasteiger partial charge in [0.1, 0.15) is 6.04 Å². The molecule has 1 aromatic rings. The lowest BCUT2D eigenvalue weighted by Crippen LogP contribution is -2.33. The first kappa shape index (κ1) is 18.7. The molecule has 3 N–H and O–H groups in total. The van der Waals surface area contributed by atoms with E-state index in [1.54, 1.807) is 24.3 Å². The largest absolute Gasteiger partial charge is 0.356 e. The quantitative estimate of drug-likeness (QED) is 0.629. The molecule has 3 rings (SSSR count). The van der Waals surface area contributed by atoms with Crippen LogP contribution in [0, 0.1) is 5.92 Å². The Bertz CT molecular complexity index is 674. The first-order valence-corrected chi connectivity index (χ1v) is 9.30. The Balaban J connectivity index is 1.44. The van der Waals surface area contributed by atoms with E-state index in [-0.39, 0.29) is 24.7 Å². The fourth-order valence-electron chi connectivity index (χ4n) is 3.30. The minimum absolute atomic E-state index is 0.0945. The normalized spacial score (nSPS) is 22.6. The lowest BCUT2D eigenvalue weighted by atomic mass is 10.1. The van der Waals surface area contributed by atoms with E-state index >= 15 is 0 Å². The van der Waals surface area contributed by atoms with E-state index in [0.29, 0.717) is 23.2 Å². The van der Waals surface area contributed by atoms with Crippen molar-refractivity contribution in [3.63, 3.8) is 0 Å². The van der Waals surface area contributed by atoms with Crippen LogP contribution in [-0.4, -0.2) is 43.5 Å². The molecule has 7 nitrogen and oxygen atoms in total. The van der Waals surface area contributed by atoms with E-state index in [1.807, 2.05) is 0 Å². The monoisotopic (exact) mass is 378 g/mol. The number of benzene rings is 1. The third kappa shape index (κ3) is 4.53. The molecule has 0 saturated carbocycles. The molecule has 0 aliphatic carbocycles. The second-order valence-electron chi connectivity index (χ2n) is 6.69. The van der Waals surface area contributed by atoms with Crippen LogP contribution in [-0.2, 0) is 9.59 Å². The predicted octanol–water partition coefficient (Wildman–Crippen LogP) is 1.66. The average molecular weight is 379 g/mol. The summed E-state index contributed by atoms with van der Waals surface area (Å²) in [5, 5.41) is 9.36. The smallest absolute Gasteiger partial charge is 0.329 e. The van der Waals surface area contributed by atoms with Crippen LogP contribution in [0.15, 0.2) is 24.3 Å². The molecule has 2 aliphatic heterocycles. The lowest BCUT2D eigenvalue weighted by molar-refractivity contribution is -0.121. The maximum Gasteiger partial charge on any atom is 0.329 e. The zero-order chi connectivity index (χ0) is 18.5. The summed E-state index contributed by atoms with van der Waals surface area (Å²) in [6.45, 7) is 2.71. The highest BCUT2D eigenvalue weighted by molar-refractivity contribution is 6.30. The third-order valence-corrected chi connectivity index (χ3v) is 5.05. The molecule has 8 heteroatoms. The molecule has 0 radical (unpaired) electrons.